The minimum Gasteiger partial charge on any atom is -0.542 e. The smallest absolute Gasteiger partial charge is 0.242 e. The summed E-state index contributed by atoms with van der Waals surface area (Å²) in [5.74, 6) is -1.36. The SMILES string of the molecule is CC(=O)/C(F)=C(\O[Si](C)(C)C)c1cccc2ccccc12. The third kappa shape index (κ3) is 3.58. The second-order valence-electron chi connectivity index (χ2n) is 5.94. The highest BCUT2D eigenvalue weighted by molar-refractivity contribution is 6.70. The number of hydrogen-bond donors (Lipinski definition) is 0. The van der Waals surface area contributed by atoms with Crippen LogP contribution in [0.25, 0.3) is 16.5 Å². The van der Waals surface area contributed by atoms with E-state index in [-0.39, 0.29) is 5.76 Å². The van der Waals surface area contributed by atoms with Gasteiger partial charge in [-0.25, -0.2) is 0 Å². The minimum atomic E-state index is -2.05. The molecule has 0 aromatic heterocycles. The van der Waals surface area contributed by atoms with Gasteiger partial charge in [-0.1, -0.05) is 42.5 Å². The van der Waals surface area contributed by atoms with Crippen molar-refractivity contribution in [1.82, 2.24) is 0 Å². The molecule has 21 heavy (non-hydrogen) atoms. The highest BCUT2D eigenvalue weighted by atomic mass is 28.4. The van der Waals surface area contributed by atoms with Crippen molar-refractivity contribution in [3.05, 3.63) is 53.9 Å². The average Bonchev–Trinajstić information content (AvgIpc) is 2.42. The lowest BCUT2D eigenvalue weighted by molar-refractivity contribution is -0.114. The number of allylic oxidation sites excluding steroid dienone is 1. The molecule has 0 bridgehead atoms. The fourth-order valence-corrected chi connectivity index (χ4v) is 2.92. The molecule has 2 aromatic rings. The summed E-state index contributed by atoms with van der Waals surface area (Å²) in [5.41, 5.74) is 0.628. The van der Waals surface area contributed by atoms with E-state index in [1.807, 2.05) is 56.0 Å². The molecule has 0 aliphatic carbocycles. The first-order valence-electron chi connectivity index (χ1n) is 6.87. The Balaban J connectivity index is 2.71. The van der Waals surface area contributed by atoms with Crippen LogP contribution in [0.4, 0.5) is 4.39 Å². The first kappa shape index (κ1) is 15.4. The van der Waals surface area contributed by atoms with Gasteiger partial charge in [-0.3, -0.25) is 4.79 Å². The van der Waals surface area contributed by atoms with Gasteiger partial charge in [0.2, 0.25) is 14.1 Å². The van der Waals surface area contributed by atoms with Gasteiger partial charge in [-0.15, -0.1) is 0 Å². The number of ketones is 1. The standard InChI is InChI=1S/C17H19FO2Si/c1-12(19)16(18)17(20-21(2,3)4)15-11-7-9-13-8-5-6-10-14(13)15/h5-11H,1-4H3/b17-16+. The van der Waals surface area contributed by atoms with E-state index in [1.165, 1.54) is 6.92 Å². The molecule has 2 nitrogen and oxygen atoms in total. The molecule has 0 aliphatic rings. The van der Waals surface area contributed by atoms with E-state index in [0.717, 1.165) is 10.8 Å². The maximum atomic E-state index is 14.4. The molecule has 0 atom stereocenters. The predicted molar refractivity (Wildman–Crippen MR) is 87.1 cm³/mol. The topological polar surface area (TPSA) is 26.3 Å². The molecule has 2 rings (SSSR count). The van der Waals surface area contributed by atoms with Gasteiger partial charge < -0.3 is 4.43 Å². The Morgan fingerprint density at radius 1 is 1.05 bits per heavy atom. The van der Waals surface area contributed by atoms with Gasteiger partial charge in [0.25, 0.3) is 0 Å². The summed E-state index contributed by atoms with van der Waals surface area (Å²) in [6.45, 7) is 7.11. The van der Waals surface area contributed by atoms with Gasteiger partial charge in [-0.05, 0) is 30.4 Å². The summed E-state index contributed by atoms with van der Waals surface area (Å²) in [5, 5.41) is 1.87. The Morgan fingerprint density at radius 3 is 2.29 bits per heavy atom. The Bertz CT molecular complexity index is 709. The monoisotopic (exact) mass is 302 g/mol. The van der Waals surface area contributed by atoms with Crippen LogP contribution in [0.5, 0.6) is 0 Å². The molecular weight excluding hydrogens is 283 g/mol. The van der Waals surface area contributed by atoms with Crippen molar-refractivity contribution in [3.8, 4) is 0 Å². The quantitative estimate of drug-likeness (QED) is 0.455. The van der Waals surface area contributed by atoms with Crippen molar-refractivity contribution in [2.24, 2.45) is 0 Å². The Labute approximate surface area is 125 Å². The van der Waals surface area contributed by atoms with Crippen LogP contribution in [0.2, 0.25) is 19.6 Å². The maximum Gasteiger partial charge on any atom is 0.242 e. The molecule has 110 valence electrons. The Morgan fingerprint density at radius 2 is 1.67 bits per heavy atom. The molecule has 0 N–H and O–H groups in total. The summed E-state index contributed by atoms with van der Waals surface area (Å²) < 4.78 is 20.2. The van der Waals surface area contributed by atoms with Crippen LogP contribution in [0.15, 0.2) is 48.3 Å². The minimum absolute atomic E-state index is 0.0680. The lowest BCUT2D eigenvalue weighted by Gasteiger charge is -2.23. The van der Waals surface area contributed by atoms with Crippen LogP contribution in [-0.2, 0) is 9.22 Å². The lowest BCUT2D eigenvalue weighted by atomic mass is 10.0. The van der Waals surface area contributed by atoms with E-state index >= 15 is 0 Å². The molecule has 0 amide bonds. The van der Waals surface area contributed by atoms with Crippen molar-refractivity contribution in [3.63, 3.8) is 0 Å². The van der Waals surface area contributed by atoms with Crippen molar-refractivity contribution < 1.29 is 13.6 Å². The Kier molecular flexibility index (Phi) is 4.28. The normalized spacial score (nSPS) is 13.0. The number of Topliss-reactive ketones (excluding diaryl/α,β-unsaturated/α-hetero) is 1. The van der Waals surface area contributed by atoms with Crippen molar-refractivity contribution in [2.45, 2.75) is 26.6 Å². The highest BCUT2D eigenvalue weighted by Crippen LogP contribution is 2.31. The zero-order valence-electron chi connectivity index (χ0n) is 12.7. The van der Waals surface area contributed by atoms with E-state index in [9.17, 15) is 9.18 Å². The fraction of sp³-hybridized carbons (Fsp3) is 0.235. The number of benzene rings is 2. The summed E-state index contributed by atoms with van der Waals surface area (Å²) in [7, 11) is -2.05. The summed E-state index contributed by atoms with van der Waals surface area (Å²) in [6, 6.07) is 13.3. The largest absolute Gasteiger partial charge is 0.542 e. The molecule has 0 radical (unpaired) electrons. The third-order valence-corrected chi connectivity index (χ3v) is 3.77. The van der Waals surface area contributed by atoms with Gasteiger partial charge in [-0.2, -0.15) is 4.39 Å². The van der Waals surface area contributed by atoms with E-state index in [1.54, 1.807) is 6.07 Å². The van der Waals surface area contributed by atoms with Crippen LogP contribution in [0.1, 0.15) is 12.5 Å². The molecule has 0 unspecified atom stereocenters. The van der Waals surface area contributed by atoms with Crippen molar-refractivity contribution in [2.75, 3.05) is 0 Å². The summed E-state index contributed by atoms with van der Waals surface area (Å²) in [6.07, 6.45) is 0. The number of halogens is 1. The molecule has 0 fully saturated rings. The third-order valence-electron chi connectivity index (χ3n) is 2.95. The van der Waals surface area contributed by atoms with Crippen LogP contribution < -0.4 is 0 Å². The first-order chi connectivity index (χ1) is 9.79. The highest BCUT2D eigenvalue weighted by Gasteiger charge is 2.24. The van der Waals surface area contributed by atoms with Gasteiger partial charge in [0.1, 0.15) is 0 Å². The molecule has 2 aromatic carbocycles. The van der Waals surface area contributed by atoms with Crippen molar-refractivity contribution in [1.29, 1.82) is 0 Å². The summed E-state index contributed by atoms with van der Waals surface area (Å²) >= 11 is 0. The van der Waals surface area contributed by atoms with E-state index < -0.39 is 19.9 Å². The Hall–Kier alpha value is -1.94. The number of rotatable bonds is 4. The summed E-state index contributed by atoms with van der Waals surface area (Å²) in [4.78, 5) is 11.5. The molecule has 0 aliphatic heterocycles. The molecule has 0 heterocycles. The fourth-order valence-electron chi connectivity index (χ4n) is 2.11. The number of carbonyl (C=O) groups is 1. The number of fused-ring (bicyclic) bond motifs is 1. The zero-order chi connectivity index (χ0) is 15.6. The maximum absolute atomic E-state index is 14.4. The van der Waals surface area contributed by atoms with Gasteiger partial charge >= 0.3 is 0 Å². The number of carbonyl (C=O) groups excluding carboxylic acids is 1. The molecule has 0 saturated carbocycles. The molecule has 4 heteroatoms. The average molecular weight is 302 g/mol. The second-order valence-corrected chi connectivity index (χ2v) is 10.4. The number of hydrogen-bond acceptors (Lipinski definition) is 2. The predicted octanol–water partition coefficient (Wildman–Crippen LogP) is 4.92. The van der Waals surface area contributed by atoms with Gasteiger partial charge in [0.15, 0.2) is 11.5 Å². The molecule has 0 saturated heterocycles. The van der Waals surface area contributed by atoms with Gasteiger partial charge in [0.05, 0.1) is 0 Å². The molecular formula is C17H19FO2Si. The zero-order valence-corrected chi connectivity index (χ0v) is 13.7. The van der Waals surface area contributed by atoms with Crippen LogP contribution in [-0.4, -0.2) is 14.1 Å². The van der Waals surface area contributed by atoms with Crippen LogP contribution >= 0.6 is 0 Å². The lowest BCUT2D eigenvalue weighted by Crippen LogP contribution is -2.25. The van der Waals surface area contributed by atoms with Crippen LogP contribution in [0.3, 0.4) is 0 Å². The van der Waals surface area contributed by atoms with E-state index in [2.05, 4.69) is 0 Å². The van der Waals surface area contributed by atoms with E-state index in [4.69, 9.17) is 4.43 Å². The van der Waals surface area contributed by atoms with Gasteiger partial charge in [0, 0.05) is 12.5 Å². The van der Waals surface area contributed by atoms with Crippen LogP contribution in [0, 0.1) is 0 Å². The molecule has 0 spiro atoms. The van der Waals surface area contributed by atoms with E-state index in [0.29, 0.717) is 5.56 Å². The van der Waals surface area contributed by atoms with Crippen molar-refractivity contribution >= 4 is 30.6 Å². The second kappa shape index (κ2) is 5.82. The first-order valence-corrected chi connectivity index (χ1v) is 10.3.